The van der Waals surface area contributed by atoms with Crippen LogP contribution in [0.5, 0.6) is 0 Å². The Morgan fingerprint density at radius 2 is 0.944 bits per heavy atom. The molecule has 0 amide bonds. The van der Waals surface area contributed by atoms with E-state index >= 15 is 0 Å². The van der Waals surface area contributed by atoms with E-state index in [-0.39, 0.29) is 12.1 Å². The van der Waals surface area contributed by atoms with Gasteiger partial charge in [0, 0.05) is 25.2 Å². The van der Waals surface area contributed by atoms with Crippen LogP contribution in [0.3, 0.4) is 0 Å². The van der Waals surface area contributed by atoms with Gasteiger partial charge in [-0.1, -0.05) is 62.8 Å². The molecule has 0 aliphatic heterocycles. The molecule has 4 N–H and O–H groups in total. The van der Waals surface area contributed by atoms with Gasteiger partial charge < -0.3 is 21.3 Å². The molecule has 0 aromatic heterocycles. The number of hydrogen-bond donors (Lipinski definition) is 4. The van der Waals surface area contributed by atoms with Gasteiger partial charge in [0.2, 0.25) is 0 Å². The summed E-state index contributed by atoms with van der Waals surface area (Å²) in [4.78, 5) is 48.6. The summed E-state index contributed by atoms with van der Waals surface area (Å²) in [6, 6.07) is 8.31. The molecule has 8 nitrogen and oxygen atoms in total. The summed E-state index contributed by atoms with van der Waals surface area (Å²) < 4.78 is 0. The molecule has 0 saturated heterocycles. The number of rotatable bonds is 10. The molecule has 0 radical (unpaired) electrons. The second-order valence-electron chi connectivity index (χ2n) is 10.3. The fourth-order valence-corrected chi connectivity index (χ4v) is 5.53. The zero-order valence-electron chi connectivity index (χ0n) is 20.6. The van der Waals surface area contributed by atoms with Crippen molar-refractivity contribution in [2.45, 2.75) is 89.4 Å². The van der Waals surface area contributed by atoms with E-state index in [1.165, 1.54) is 12.8 Å². The van der Waals surface area contributed by atoms with Crippen LogP contribution in [0.2, 0.25) is 0 Å². The molecule has 2 saturated carbocycles. The average molecular weight is 491 g/mol. The number of benzene rings is 1. The molecular weight excluding hydrogens is 456 g/mol. The normalized spacial score (nSPS) is 17.3. The van der Waals surface area contributed by atoms with Gasteiger partial charge in [-0.3, -0.25) is 19.2 Å². The number of anilines is 4. The SMILES string of the molecule is O=c1c(NCc2cccc(CNc3c(NC4CCCCC4)c(=O)c3=O)c2)c(NC2CCCCC2)c1=O. The Labute approximate surface area is 209 Å². The smallest absolute Gasteiger partial charge is 0.253 e. The van der Waals surface area contributed by atoms with Crippen molar-refractivity contribution in [2.75, 3.05) is 21.3 Å². The Hall–Kier alpha value is -3.42. The standard InChI is InChI=1S/C28H34N4O4/c33-25-21(23(27(25)35)31-19-10-3-1-4-11-19)29-15-17-8-7-9-18(14-17)16-30-22-24(28(36)26(22)34)32-20-12-5-2-6-13-20/h7-9,14,19-20,29-32H,1-6,10-13,15-16H2. The second kappa shape index (κ2) is 10.7. The first-order valence-electron chi connectivity index (χ1n) is 13.3. The van der Waals surface area contributed by atoms with Crippen LogP contribution < -0.4 is 43.0 Å². The fraction of sp³-hybridized carbons (Fsp3) is 0.500. The van der Waals surface area contributed by atoms with Gasteiger partial charge in [-0.25, -0.2) is 0 Å². The monoisotopic (exact) mass is 490 g/mol. The quantitative estimate of drug-likeness (QED) is 0.319. The van der Waals surface area contributed by atoms with Crippen molar-refractivity contribution < 1.29 is 0 Å². The molecule has 0 unspecified atom stereocenters. The second-order valence-corrected chi connectivity index (χ2v) is 10.3. The van der Waals surface area contributed by atoms with Crippen LogP contribution in [-0.4, -0.2) is 12.1 Å². The highest BCUT2D eigenvalue weighted by Crippen LogP contribution is 2.25. The van der Waals surface area contributed by atoms with E-state index in [9.17, 15) is 19.2 Å². The van der Waals surface area contributed by atoms with Crippen molar-refractivity contribution in [1.29, 1.82) is 0 Å². The fourth-order valence-electron chi connectivity index (χ4n) is 5.53. The summed E-state index contributed by atoms with van der Waals surface area (Å²) in [5.74, 6) is 0. The van der Waals surface area contributed by atoms with E-state index in [0.717, 1.165) is 62.5 Å². The van der Waals surface area contributed by atoms with E-state index in [4.69, 9.17) is 0 Å². The van der Waals surface area contributed by atoms with Crippen LogP contribution in [0.4, 0.5) is 22.7 Å². The molecule has 0 spiro atoms. The maximum Gasteiger partial charge on any atom is 0.253 e. The summed E-state index contributed by atoms with van der Waals surface area (Å²) in [6.07, 6.45) is 11.1. The van der Waals surface area contributed by atoms with Crippen LogP contribution in [0.15, 0.2) is 43.4 Å². The van der Waals surface area contributed by atoms with Crippen LogP contribution in [0.25, 0.3) is 0 Å². The minimum absolute atomic E-state index is 0.255. The third-order valence-corrected chi connectivity index (χ3v) is 7.66. The van der Waals surface area contributed by atoms with Gasteiger partial charge in [0.05, 0.1) is 0 Å². The minimum atomic E-state index is -0.468. The maximum atomic E-state index is 12.2. The highest BCUT2D eigenvalue weighted by atomic mass is 16.2. The molecule has 5 rings (SSSR count). The van der Waals surface area contributed by atoms with Crippen LogP contribution in [0, 0.1) is 0 Å². The van der Waals surface area contributed by atoms with Crippen molar-refractivity contribution >= 4 is 22.7 Å². The summed E-state index contributed by atoms with van der Waals surface area (Å²) >= 11 is 0. The van der Waals surface area contributed by atoms with E-state index in [0.29, 0.717) is 35.8 Å². The number of hydrogen-bond acceptors (Lipinski definition) is 8. The van der Waals surface area contributed by atoms with Crippen molar-refractivity contribution in [2.24, 2.45) is 0 Å². The molecule has 2 fully saturated rings. The molecule has 0 heterocycles. The Balaban J connectivity index is 1.18. The molecule has 2 aliphatic carbocycles. The minimum Gasteiger partial charge on any atom is -0.377 e. The Morgan fingerprint density at radius 3 is 1.36 bits per heavy atom. The van der Waals surface area contributed by atoms with Gasteiger partial charge in [-0.05, 0) is 36.8 Å². The molecule has 3 aromatic carbocycles. The van der Waals surface area contributed by atoms with Gasteiger partial charge in [0.15, 0.2) is 0 Å². The third-order valence-electron chi connectivity index (χ3n) is 7.66. The zero-order chi connectivity index (χ0) is 25.1. The van der Waals surface area contributed by atoms with E-state index in [1.54, 1.807) is 0 Å². The first kappa shape index (κ1) is 24.3. The average Bonchev–Trinajstić information content (AvgIpc) is 2.93. The summed E-state index contributed by atoms with van der Waals surface area (Å²) in [6.45, 7) is 0.819. The molecule has 2 aliphatic rings. The Bertz CT molecular complexity index is 1250. The third kappa shape index (κ3) is 5.08. The van der Waals surface area contributed by atoms with Gasteiger partial charge >= 0.3 is 0 Å². The topological polar surface area (TPSA) is 116 Å². The van der Waals surface area contributed by atoms with E-state index < -0.39 is 21.7 Å². The van der Waals surface area contributed by atoms with Gasteiger partial charge in [-0.2, -0.15) is 0 Å². The van der Waals surface area contributed by atoms with Crippen LogP contribution in [-0.2, 0) is 13.1 Å². The molecule has 0 bridgehead atoms. The van der Waals surface area contributed by atoms with Gasteiger partial charge in [-0.15, -0.1) is 0 Å². The molecule has 190 valence electrons. The lowest BCUT2D eigenvalue weighted by molar-refractivity contribution is 0.462. The largest absolute Gasteiger partial charge is 0.377 e. The summed E-state index contributed by atoms with van der Waals surface area (Å²) in [7, 11) is 0. The molecule has 3 aromatic rings. The van der Waals surface area contributed by atoms with Crippen molar-refractivity contribution in [3.05, 3.63) is 76.3 Å². The van der Waals surface area contributed by atoms with Gasteiger partial charge in [0.25, 0.3) is 21.7 Å². The summed E-state index contributed by atoms with van der Waals surface area (Å²) in [5, 5.41) is 12.9. The molecule has 0 atom stereocenters. The summed E-state index contributed by atoms with van der Waals surface area (Å²) in [5.41, 5.74) is 1.68. The number of nitrogens with one attached hydrogen (secondary N) is 4. The predicted molar refractivity (Wildman–Crippen MR) is 145 cm³/mol. The van der Waals surface area contributed by atoms with Crippen molar-refractivity contribution in [3.63, 3.8) is 0 Å². The maximum absolute atomic E-state index is 12.2. The van der Waals surface area contributed by atoms with Crippen molar-refractivity contribution in [1.82, 2.24) is 0 Å². The first-order chi connectivity index (χ1) is 17.5. The van der Waals surface area contributed by atoms with Crippen molar-refractivity contribution in [3.8, 4) is 0 Å². The lowest BCUT2D eigenvalue weighted by Crippen LogP contribution is -2.40. The van der Waals surface area contributed by atoms with Crippen LogP contribution >= 0.6 is 0 Å². The lowest BCUT2D eigenvalue weighted by Gasteiger charge is -2.25. The van der Waals surface area contributed by atoms with Gasteiger partial charge in [0.1, 0.15) is 22.7 Å². The zero-order valence-corrected chi connectivity index (χ0v) is 20.6. The first-order valence-corrected chi connectivity index (χ1v) is 13.3. The predicted octanol–water partition coefficient (Wildman–Crippen LogP) is 3.59. The molecular formula is C28H34N4O4. The Kier molecular flexibility index (Phi) is 7.20. The Morgan fingerprint density at radius 1 is 0.556 bits per heavy atom. The lowest BCUT2D eigenvalue weighted by atomic mass is 9.95. The molecule has 36 heavy (non-hydrogen) atoms. The highest BCUT2D eigenvalue weighted by molar-refractivity contribution is 5.75. The van der Waals surface area contributed by atoms with E-state index in [1.807, 2.05) is 24.3 Å². The van der Waals surface area contributed by atoms with E-state index in [2.05, 4.69) is 21.3 Å². The van der Waals surface area contributed by atoms with Crippen LogP contribution in [0.1, 0.15) is 75.3 Å². The molecule has 8 heteroatoms. The highest BCUT2D eigenvalue weighted by Gasteiger charge is 2.25.